The summed E-state index contributed by atoms with van der Waals surface area (Å²) in [4.78, 5) is 0. The van der Waals surface area contributed by atoms with Gasteiger partial charge in [0, 0.05) is 11.1 Å². The Morgan fingerprint density at radius 3 is 1.48 bits per heavy atom. The lowest BCUT2D eigenvalue weighted by Gasteiger charge is -2.16. The number of rotatable bonds is 3. The van der Waals surface area contributed by atoms with Crippen LogP contribution in [0.15, 0.2) is 158 Å². The molecular formula is C44H26F2. The topological polar surface area (TPSA) is 0 Å². The number of fused-ring (bicyclic) bond motifs is 8. The number of halogens is 2. The van der Waals surface area contributed by atoms with Crippen molar-refractivity contribution < 1.29 is 8.78 Å². The second-order valence-electron chi connectivity index (χ2n) is 11.9. The van der Waals surface area contributed by atoms with Crippen LogP contribution in [0.2, 0.25) is 0 Å². The van der Waals surface area contributed by atoms with Crippen LogP contribution in [0.25, 0.3) is 87.2 Å². The average Bonchev–Trinajstić information content (AvgIpc) is 3.12. The van der Waals surface area contributed by atoms with E-state index in [0.29, 0.717) is 11.1 Å². The van der Waals surface area contributed by atoms with Crippen molar-refractivity contribution in [2.24, 2.45) is 0 Å². The molecule has 2 heteroatoms. The van der Waals surface area contributed by atoms with Gasteiger partial charge in [-0.2, -0.15) is 0 Å². The molecule has 0 unspecified atom stereocenters. The van der Waals surface area contributed by atoms with Crippen LogP contribution in [-0.4, -0.2) is 0 Å². The summed E-state index contributed by atoms with van der Waals surface area (Å²) in [5.41, 5.74) is 4.11. The summed E-state index contributed by atoms with van der Waals surface area (Å²) in [7, 11) is 0. The number of benzene rings is 9. The van der Waals surface area contributed by atoms with Crippen LogP contribution in [0, 0.1) is 11.6 Å². The molecule has 0 fully saturated rings. The minimum Gasteiger partial charge on any atom is -0.206 e. The molecule has 9 rings (SSSR count). The summed E-state index contributed by atoms with van der Waals surface area (Å²) in [6.45, 7) is 0. The molecule has 0 atom stereocenters. The van der Waals surface area contributed by atoms with Crippen LogP contribution in [0.1, 0.15) is 0 Å². The first-order valence-electron chi connectivity index (χ1n) is 15.5. The van der Waals surface area contributed by atoms with E-state index in [2.05, 4.69) is 66.7 Å². The maximum Gasteiger partial charge on any atom is 0.131 e. The van der Waals surface area contributed by atoms with Crippen molar-refractivity contribution in [3.8, 4) is 33.4 Å². The molecule has 216 valence electrons. The molecule has 0 aliphatic rings. The third-order valence-electron chi connectivity index (χ3n) is 9.37. The lowest BCUT2D eigenvalue weighted by atomic mass is 9.88. The van der Waals surface area contributed by atoms with Crippen molar-refractivity contribution in [1.82, 2.24) is 0 Å². The van der Waals surface area contributed by atoms with Gasteiger partial charge in [-0.3, -0.25) is 0 Å². The summed E-state index contributed by atoms with van der Waals surface area (Å²) in [5.74, 6) is -0.909. The van der Waals surface area contributed by atoms with Crippen LogP contribution in [0.5, 0.6) is 0 Å². The van der Waals surface area contributed by atoms with E-state index < -0.39 is 11.6 Å². The van der Waals surface area contributed by atoms with E-state index in [0.717, 1.165) is 65.0 Å². The van der Waals surface area contributed by atoms with Gasteiger partial charge >= 0.3 is 0 Å². The average molecular weight is 593 g/mol. The van der Waals surface area contributed by atoms with Gasteiger partial charge in [0.15, 0.2) is 0 Å². The van der Waals surface area contributed by atoms with Crippen molar-refractivity contribution in [3.63, 3.8) is 0 Å². The van der Waals surface area contributed by atoms with Gasteiger partial charge in [-0.15, -0.1) is 0 Å². The van der Waals surface area contributed by atoms with Crippen molar-refractivity contribution in [2.45, 2.75) is 0 Å². The Morgan fingerprint density at radius 1 is 0.261 bits per heavy atom. The first kappa shape index (κ1) is 26.5. The van der Waals surface area contributed by atoms with E-state index in [-0.39, 0.29) is 11.1 Å². The first-order chi connectivity index (χ1) is 22.6. The van der Waals surface area contributed by atoms with Gasteiger partial charge in [0.05, 0.1) is 0 Å². The van der Waals surface area contributed by atoms with E-state index in [1.54, 1.807) is 0 Å². The van der Waals surface area contributed by atoms with Gasteiger partial charge in [-0.05, 0) is 106 Å². The number of hydrogen-bond donors (Lipinski definition) is 0. The standard InChI is InChI=1S/C44H26F2/c45-43-26-42(40-24-39-31-13-5-4-12-28(31)20-21-36(39)32-14-6-8-16-34(32)40)44(46)25-41(43)38-23-30-19-18-29(27-10-2-1-3-11-27)22-37(30)33-15-7-9-17-35(33)38/h1-26H. The third kappa shape index (κ3) is 4.11. The Hall–Kier alpha value is -5.86. The lowest BCUT2D eigenvalue weighted by molar-refractivity contribution is 0.606. The van der Waals surface area contributed by atoms with Gasteiger partial charge < -0.3 is 0 Å². The maximum atomic E-state index is 16.4. The van der Waals surface area contributed by atoms with E-state index in [1.807, 2.05) is 78.9 Å². The highest BCUT2D eigenvalue weighted by molar-refractivity contribution is 6.21. The van der Waals surface area contributed by atoms with Crippen molar-refractivity contribution in [2.75, 3.05) is 0 Å². The zero-order chi connectivity index (χ0) is 30.8. The Bertz CT molecular complexity index is 2650. The molecule has 46 heavy (non-hydrogen) atoms. The molecule has 0 N–H and O–H groups in total. The van der Waals surface area contributed by atoms with E-state index >= 15 is 8.78 Å². The van der Waals surface area contributed by atoms with Crippen LogP contribution in [0.3, 0.4) is 0 Å². The summed E-state index contributed by atoms with van der Waals surface area (Å²) >= 11 is 0. The molecule has 0 aromatic heterocycles. The molecular weight excluding hydrogens is 566 g/mol. The zero-order valence-corrected chi connectivity index (χ0v) is 24.8. The predicted molar refractivity (Wildman–Crippen MR) is 190 cm³/mol. The van der Waals surface area contributed by atoms with Crippen molar-refractivity contribution in [1.29, 1.82) is 0 Å². The van der Waals surface area contributed by atoms with E-state index in [9.17, 15) is 0 Å². The fourth-order valence-electron chi connectivity index (χ4n) is 7.18. The molecule has 0 nitrogen and oxygen atoms in total. The molecule has 0 saturated heterocycles. The monoisotopic (exact) mass is 592 g/mol. The summed E-state index contributed by atoms with van der Waals surface area (Å²) < 4.78 is 32.8. The summed E-state index contributed by atoms with van der Waals surface area (Å²) in [6.07, 6.45) is 0. The molecule has 0 spiro atoms. The summed E-state index contributed by atoms with van der Waals surface area (Å²) in [6, 6.07) is 51.8. The molecule has 0 heterocycles. The highest BCUT2D eigenvalue weighted by Crippen LogP contribution is 2.42. The van der Waals surface area contributed by atoms with Gasteiger partial charge in [0.2, 0.25) is 0 Å². The molecule has 0 bridgehead atoms. The van der Waals surface area contributed by atoms with Crippen molar-refractivity contribution >= 4 is 53.9 Å². The third-order valence-corrected chi connectivity index (χ3v) is 9.37. The molecule has 9 aromatic rings. The predicted octanol–water partition coefficient (Wildman–Crippen LogP) is 12.7. The fourth-order valence-corrected chi connectivity index (χ4v) is 7.18. The molecule has 0 radical (unpaired) electrons. The molecule has 9 aromatic carbocycles. The Morgan fingerprint density at radius 2 is 0.783 bits per heavy atom. The SMILES string of the molecule is Fc1cc(-c2cc3c4ccccc4ccc3c3ccccc23)c(F)cc1-c1cc2ccc(-c3ccccc3)cc2c2ccccc12. The molecule has 0 saturated carbocycles. The van der Waals surface area contributed by atoms with Crippen LogP contribution in [-0.2, 0) is 0 Å². The maximum absolute atomic E-state index is 16.4. The minimum absolute atomic E-state index is 0.252. The fraction of sp³-hybridized carbons (Fsp3) is 0. The molecule has 0 aliphatic carbocycles. The largest absolute Gasteiger partial charge is 0.206 e. The molecule has 0 amide bonds. The van der Waals surface area contributed by atoms with Gasteiger partial charge in [-0.1, -0.05) is 127 Å². The Balaban J connectivity index is 1.26. The minimum atomic E-state index is -0.455. The zero-order valence-electron chi connectivity index (χ0n) is 24.8. The quantitative estimate of drug-likeness (QED) is 0.179. The second-order valence-corrected chi connectivity index (χ2v) is 11.9. The smallest absolute Gasteiger partial charge is 0.131 e. The summed E-state index contributed by atoms with van der Waals surface area (Å²) in [5, 5.41) is 10.1. The lowest BCUT2D eigenvalue weighted by Crippen LogP contribution is -1.94. The van der Waals surface area contributed by atoms with Crippen molar-refractivity contribution in [3.05, 3.63) is 169 Å². The van der Waals surface area contributed by atoms with Crippen LogP contribution < -0.4 is 0 Å². The highest BCUT2D eigenvalue weighted by atomic mass is 19.1. The Labute approximate surface area is 264 Å². The Kier molecular flexibility index (Phi) is 5.97. The first-order valence-corrected chi connectivity index (χ1v) is 15.5. The molecule has 0 aliphatic heterocycles. The van der Waals surface area contributed by atoms with Gasteiger partial charge in [0.25, 0.3) is 0 Å². The second kappa shape index (κ2) is 10.4. The van der Waals surface area contributed by atoms with Crippen LogP contribution >= 0.6 is 0 Å². The normalized spacial score (nSPS) is 11.7. The van der Waals surface area contributed by atoms with E-state index in [4.69, 9.17) is 0 Å². The van der Waals surface area contributed by atoms with Crippen LogP contribution in [0.4, 0.5) is 8.78 Å². The number of hydrogen-bond acceptors (Lipinski definition) is 0. The van der Waals surface area contributed by atoms with E-state index in [1.165, 1.54) is 12.1 Å². The van der Waals surface area contributed by atoms with Gasteiger partial charge in [0.1, 0.15) is 11.6 Å². The highest BCUT2D eigenvalue weighted by Gasteiger charge is 2.19. The van der Waals surface area contributed by atoms with Gasteiger partial charge in [-0.25, -0.2) is 8.78 Å².